The molecule has 4 heteroatoms. The average molecular weight is 276 g/mol. The monoisotopic (exact) mass is 275 g/mol. The van der Waals surface area contributed by atoms with Gasteiger partial charge in [0.25, 0.3) is 5.91 Å². The van der Waals surface area contributed by atoms with E-state index in [1.165, 1.54) is 0 Å². The van der Waals surface area contributed by atoms with E-state index in [1.807, 2.05) is 19.1 Å². The molecule has 0 saturated carbocycles. The van der Waals surface area contributed by atoms with Crippen molar-refractivity contribution in [3.8, 4) is 5.75 Å². The van der Waals surface area contributed by atoms with Crippen LogP contribution in [0.5, 0.6) is 5.75 Å². The lowest BCUT2D eigenvalue weighted by atomic mass is 10.1. The molecule has 3 nitrogen and oxygen atoms in total. The number of carbonyl (C=O) groups excluding carboxylic acids is 1. The standard InChI is InChI=1S/C15H14ClNO2/c1-10-2-7-13(14(18)8-10)15(19)17-9-11-3-5-12(16)6-4-11/h2-8,18H,9H2,1H3,(H,17,19). The lowest BCUT2D eigenvalue weighted by Crippen LogP contribution is -2.22. The van der Waals surface area contributed by atoms with Crippen molar-refractivity contribution in [2.75, 3.05) is 0 Å². The van der Waals surface area contributed by atoms with Gasteiger partial charge < -0.3 is 10.4 Å². The number of hydrogen-bond donors (Lipinski definition) is 2. The smallest absolute Gasteiger partial charge is 0.255 e. The van der Waals surface area contributed by atoms with E-state index in [0.29, 0.717) is 11.6 Å². The lowest BCUT2D eigenvalue weighted by molar-refractivity contribution is 0.0948. The molecule has 0 aliphatic rings. The maximum absolute atomic E-state index is 11.9. The van der Waals surface area contributed by atoms with Crippen LogP contribution in [0.25, 0.3) is 0 Å². The van der Waals surface area contributed by atoms with Gasteiger partial charge in [0.15, 0.2) is 0 Å². The molecule has 1 amide bonds. The summed E-state index contributed by atoms with van der Waals surface area (Å²) in [5, 5.41) is 13.1. The molecule has 0 saturated heterocycles. The van der Waals surface area contributed by atoms with E-state index in [2.05, 4.69) is 5.32 Å². The Morgan fingerprint density at radius 2 is 1.89 bits per heavy atom. The van der Waals surface area contributed by atoms with Crippen LogP contribution < -0.4 is 5.32 Å². The Balaban J connectivity index is 2.03. The van der Waals surface area contributed by atoms with Gasteiger partial charge >= 0.3 is 0 Å². The highest BCUT2D eigenvalue weighted by Gasteiger charge is 2.10. The van der Waals surface area contributed by atoms with Crippen LogP contribution in [-0.4, -0.2) is 11.0 Å². The van der Waals surface area contributed by atoms with Gasteiger partial charge in [0, 0.05) is 11.6 Å². The highest BCUT2D eigenvalue weighted by atomic mass is 35.5. The maximum atomic E-state index is 11.9. The molecule has 2 aromatic carbocycles. The van der Waals surface area contributed by atoms with Crippen molar-refractivity contribution in [2.24, 2.45) is 0 Å². The van der Waals surface area contributed by atoms with Crippen molar-refractivity contribution in [1.29, 1.82) is 0 Å². The summed E-state index contributed by atoms with van der Waals surface area (Å²) in [6.45, 7) is 2.25. The van der Waals surface area contributed by atoms with E-state index >= 15 is 0 Å². The number of phenolic OH excluding ortho intramolecular Hbond substituents is 1. The first kappa shape index (κ1) is 13.4. The summed E-state index contributed by atoms with van der Waals surface area (Å²) >= 11 is 5.79. The first-order chi connectivity index (χ1) is 9.06. The molecule has 0 aliphatic heterocycles. The fraction of sp³-hybridized carbons (Fsp3) is 0.133. The van der Waals surface area contributed by atoms with E-state index in [9.17, 15) is 9.90 Å². The zero-order valence-electron chi connectivity index (χ0n) is 10.5. The number of amides is 1. The minimum atomic E-state index is -0.299. The summed E-state index contributed by atoms with van der Waals surface area (Å²) in [4.78, 5) is 11.9. The predicted octanol–water partition coefficient (Wildman–Crippen LogP) is 3.28. The summed E-state index contributed by atoms with van der Waals surface area (Å²) in [5.74, 6) is -0.305. The number of aryl methyl sites for hydroxylation is 1. The summed E-state index contributed by atoms with van der Waals surface area (Å²) < 4.78 is 0. The molecule has 2 N–H and O–H groups in total. The van der Waals surface area contributed by atoms with Gasteiger partial charge in [0.1, 0.15) is 5.75 Å². The molecule has 2 aromatic rings. The van der Waals surface area contributed by atoms with Gasteiger partial charge in [-0.2, -0.15) is 0 Å². The lowest BCUT2D eigenvalue weighted by Gasteiger charge is -2.07. The quantitative estimate of drug-likeness (QED) is 0.903. The first-order valence-electron chi connectivity index (χ1n) is 5.88. The molecule has 0 bridgehead atoms. The fourth-order valence-corrected chi connectivity index (χ4v) is 1.84. The number of halogens is 1. The molecule has 0 aliphatic carbocycles. The van der Waals surface area contributed by atoms with Crippen LogP contribution in [0.1, 0.15) is 21.5 Å². The van der Waals surface area contributed by atoms with Crippen molar-refractivity contribution >= 4 is 17.5 Å². The molecule has 0 unspecified atom stereocenters. The predicted molar refractivity (Wildman–Crippen MR) is 75.5 cm³/mol. The Bertz CT molecular complexity index is 594. The average Bonchev–Trinajstić information content (AvgIpc) is 2.37. The number of nitrogens with one attached hydrogen (secondary N) is 1. The molecule has 0 aromatic heterocycles. The Labute approximate surface area is 116 Å². The summed E-state index contributed by atoms with van der Waals surface area (Å²) in [7, 11) is 0. The second-order valence-corrected chi connectivity index (χ2v) is 4.77. The largest absolute Gasteiger partial charge is 0.507 e. The minimum Gasteiger partial charge on any atom is -0.507 e. The molecule has 98 valence electrons. The Kier molecular flexibility index (Phi) is 4.07. The van der Waals surface area contributed by atoms with Crippen molar-refractivity contribution in [3.63, 3.8) is 0 Å². The van der Waals surface area contributed by atoms with Crippen molar-refractivity contribution in [3.05, 3.63) is 64.2 Å². The zero-order chi connectivity index (χ0) is 13.8. The minimum absolute atomic E-state index is 0.00592. The van der Waals surface area contributed by atoms with Crippen LogP contribution in [-0.2, 0) is 6.54 Å². The highest BCUT2D eigenvalue weighted by Crippen LogP contribution is 2.18. The first-order valence-corrected chi connectivity index (χ1v) is 6.26. The number of carbonyl (C=O) groups is 1. The summed E-state index contributed by atoms with van der Waals surface area (Å²) in [6, 6.07) is 12.2. The van der Waals surface area contributed by atoms with Crippen LogP contribution in [0.15, 0.2) is 42.5 Å². The van der Waals surface area contributed by atoms with Gasteiger partial charge in [-0.1, -0.05) is 29.8 Å². The summed E-state index contributed by atoms with van der Waals surface area (Å²) in [6.07, 6.45) is 0. The van der Waals surface area contributed by atoms with Crippen LogP contribution in [0, 0.1) is 6.92 Å². The van der Waals surface area contributed by atoms with Gasteiger partial charge in [-0.25, -0.2) is 0 Å². The molecule has 0 atom stereocenters. The van der Waals surface area contributed by atoms with E-state index in [4.69, 9.17) is 11.6 Å². The van der Waals surface area contributed by atoms with Crippen LogP contribution in [0.3, 0.4) is 0 Å². The number of phenols is 1. The molecular weight excluding hydrogens is 262 g/mol. The van der Waals surface area contributed by atoms with E-state index in [-0.39, 0.29) is 17.2 Å². The molecule has 19 heavy (non-hydrogen) atoms. The van der Waals surface area contributed by atoms with Gasteiger partial charge in [0.05, 0.1) is 5.56 Å². The third-order valence-corrected chi connectivity index (χ3v) is 3.02. The number of benzene rings is 2. The third kappa shape index (κ3) is 3.48. The molecule has 0 radical (unpaired) electrons. The SMILES string of the molecule is Cc1ccc(C(=O)NCc2ccc(Cl)cc2)c(O)c1. The maximum Gasteiger partial charge on any atom is 0.255 e. The van der Waals surface area contributed by atoms with Gasteiger partial charge in [-0.05, 0) is 42.3 Å². The Morgan fingerprint density at radius 3 is 2.53 bits per heavy atom. The second-order valence-electron chi connectivity index (χ2n) is 4.33. The molecule has 0 heterocycles. The van der Waals surface area contributed by atoms with Crippen molar-refractivity contribution in [1.82, 2.24) is 5.32 Å². The third-order valence-electron chi connectivity index (χ3n) is 2.76. The van der Waals surface area contributed by atoms with Crippen molar-refractivity contribution < 1.29 is 9.90 Å². The zero-order valence-corrected chi connectivity index (χ0v) is 11.2. The van der Waals surface area contributed by atoms with Crippen LogP contribution >= 0.6 is 11.6 Å². The second kappa shape index (κ2) is 5.76. The van der Waals surface area contributed by atoms with Gasteiger partial charge in [-0.3, -0.25) is 4.79 Å². The molecule has 2 rings (SSSR count). The van der Waals surface area contributed by atoms with E-state index < -0.39 is 0 Å². The van der Waals surface area contributed by atoms with E-state index in [1.54, 1.807) is 30.3 Å². The topological polar surface area (TPSA) is 49.3 Å². The Morgan fingerprint density at radius 1 is 1.21 bits per heavy atom. The van der Waals surface area contributed by atoms with Gasteiger partial charge in [0.2, 0.25) is 0 Å². The fourth-order valence-electron chi connectivity index (χ4n) is 1.71. The molecule has 0 fully saturated rings. The summed E-state index contributed by atoms with van der Waals surface area (Å²) in [5.41, 5.74) is 2.13. The van der Waals surface area contributed by atoms with Crippen LogP contribution in [0.2, 0.25) is 5.02 Å². The van der Waals surface area contributed by atoms with E-state index in [0.717, 1.165) is 11.1 Å². The number of rotatable bonds is 3. The normalized spacial score (nSPS) is 10.2. The number of hydrogen-bond acceptors (Lipinski definition) is 2. The highest BCUT2D eigenvalue weighted by molar-refractivity contribution is 6.30. The molecular formula is C15H14ClNO2. The van der Waals surface area contributed by atoms with Crippen molar-refractivity contribution in [2.45, 2.75) is 13.5 Å². The van der Waals surface area contributed by atoms with Crippen LogP contribution in [0.4, 0.5) is 0 Å². The Hall–Kier alpha value is -2.00. The number of aromatic hydroxyl groups is 1. The molecule has 0 spiro atoms. The van der Waals surface area contributed by atoms with Gasteiger partial charge in [-0.15, -0.1) is 0 Å².